The molecule has 0 aliphatic rings. The number of amides is 2. The lowest BCUT2D eigenvalue weighted by molar-refractivity contribution is -0.118. The molecule has 1 radical (unpaired) electrons. The van der Waals surface area contributed by atoms with E-state index in [4.69, 9.17) is 11.5 Å². The van der Waals surface area contributed by atoms with Gasteiger partial charge in [-0.3, -0.25) is 9.59 Å². The van der Waals surface area contributed by atoms with Gasteiger partial charge in [0.2, 0.25) is 11.8 Å². The Labute approximate surface area is 65.9 Å². The summed E-state index contributed by atoms with van der Waals surface area (Å²) >= 11 is 0. The van der Waals surface area contributed by atoms with Gasteiger partial charge in [0.05, 0.1) is 0 Å². The third-order valence-electron chi connectivity index (χ3n) is 1.18. The standard InChI is InChI=1S/C7H13N2O2/c8-6(10)4-2-1-3-5-7(9)11/h2H,1,3-5H2,(H2,8,10)(H2,9,11). The number of nitrogens with two attached hydrogens (primary N) is 2. The smallest absolute Gasteiger partial charge is 0.217 e. The fourth-order valence-corrected chi connectivity index (χ4v) is 0.665. The maximum Gasteiger partial charge on any atom is 0.217 e. The van der Waals surface area contributed by atoms with Gasteiger partial charge < -0.3 is 11.5 Å². The molecule has 0 saturated carbocycles. The Morgan fingerprint density at radius 2 is 1.82 bits per heavy atom. The zero-order valence-electron chi connectivity index (χ0n) is 6.38. The van der Waals surface area contributed by atoms with Crippen LogP contribution in [0.2, 0.25) is 0 Å². The molecule has 0 saturated heterocycles. The van der Waals surface area contributed by atoms with Crippen molar-refractivity contribution in [3.05, 3.63) is 6.42 Å². The van der Waals surface area contributed by atoms with Gasteiger partial charge in [0.1, 0.15) is 0 Å². The molecule has 0 heterocycles. The SMILES string of the molecule is NC(=O)C[CH]CCCC(N)=O. The summed E-state index contributed by atoms with van der Waals surface area (Å²) in [6, 6.07) is 0. The van der Waals surface area contributed by atoms with Crippen LogP contribution < -0.4 is 11.5 Å². The summed E-state index contributed by atoms with van der Waals surface area (Å²) in [5.74, 6) is -0.651. The van der Waals surface area contributed by atoms with E-state index in [1.54, 1.807) is 6.42 Å². The van der Waals surface area contributed by atoms with Crippen LogP contribution in [0.5, 0.6) is 0 Å². The molecule has 11 heavy (non-hydrogen) atoms. The Hall–Kier alpha value is -1.06. The Morgan fingerprint density at radius 1 is 1.18 bits per heavy atom. The van der Waals surface area contributed by atoms with E-state index in [9.17, 15) is 9.59 Å². The highest BCUT2D eigenvalue weighted by atomic mass is 16.1. The topological polar surface area (TPSA) is 86.2 Å². The number of primary amides is 2. The van der Waals surface area contributed by atoms with Crippen LogP contribution in [0, 0.1) is 6.42 Å². The predicted molar refractivity (Wildman–Crippen MR) is 41.2 cm³/mol. The van der Waals surface area contributed by atoms with E-state index in [1.807, 2.05) is 0 Å². The number of carbonyl (C=O) groups is 2. The molecule has 0 aromatic rings. The normalized spacial score (nSPS) is 9.45. The molecular formula is C7H13N2O2. The van der Waals surface area contributed by atoms with Gasteiger partial charge in [0.25, 0.3) is 0 Å². The van der Waals surface area contributed by atoms with Crippen LogP contribution in [0.25, 0.3) is 0 Å². The number of hydrogen-bond acceptors (Lipinski definition) is 2. The largest absolute Gasteiger partial charge is 0.370 e. The molecule has 0 atom stereocenters. The quantitative estimate of drug-likeness (QED) is 0.519. The van der Waals surface area contributed by atoms with Crippen molar-refractivity contribution >= 4 is 11.8 Å². The second-order valence-electron chi connectivity index (χ2n) is 2.32. The minimum atomic E-state index is -0.343. The van der Waals surface area contributed by atoms with Crippen LogP contribution in [0.1, 0.15) is 25.7 Å². The van der Waals surface area contributed by atoms with E-state index in [1.165, 1.54) is 0 Å². The average molecular weight is 157 g/mol. The lowest BCUT2D eigenvalue weighted by Gasteiger charge is -1.95. The van der Waals surface area contributed by atoms with Crippen molar-refractivity contribution in [2.24, 2.45) is 11.5 Å². The summed E-state index contributed by atoms with van der Waals surface area (Å²) < 4.78 is 0. The van der Waals surface area contributed by atoms with Crippen LogP contribution in [0.15, 0.2) is 0 Å². The molecule has 0 aliphatic heterocycles. The van der Waals surface area contributed by atoms with Crippen molar-refractivity contribution in [3.63, 3.8) is 0 Å². The van der Waals surface area contributed by atoms with E-state index in [-0.39, 0.29) is 18.2 Å². The predicted octanol–water partition coefficient (Wildman–Crippen LogP) is -0.278. The van der Waals surface area contributed by atoms with E-state index < -0.39 is 0 Å². The van der Waals surface area contributed by atoms with Crippen LogP contribution >= 0.6 is 0 Å². The maximum absolute atomic E-state index is 10.2. The molecule has 0 aliphatic carbocycles. The first kappa shape index (κ1) is 9.94. The van der Waals surface area contributed by atoms with Crippen molar-refractivity contribution in [1.82, 2.24) is 0 Å². The van der Waals surface area contributed by atoms with Crippen molar-refractivity contribution in [3.8, 4) is 0 Å². The number of carbonyl (C=O) groups excluding carboxylic acids is 2. The van der Waals surface area contributed by atoms with E-state index >= 15 is 0 Å². The third kappa shape index (κ3) is 8.94. The summed E-state index contributed by atoms with van der Waals surface area (Å²) in [4.78, 5) is 20.4. The molecule has 0 rings (SSSR count). The van der Waals surface area contributed by atoms with Crippen LogP contribution in [0.3, 0.4) is 0 Å². The first-order valence-corrected chi connectivity index (χ1v) is 3.51. The molecule has 0 aromatic heterocycles. The van der Waals surface area contributed by atoms with E-state index in [2.05, 4.69) is 0 Å². The second-order valence-corrected chi connectivity index (χ2v) is 2.32. The number of hydrogen-bond donors (Lipinski definition) is 2. The van der Waals surface area contributed by atoms with Crippen LogP contribution in [0.4, 0.5) is 0 Å². The fraction of sp³-hybridized carbons (Fsp3) is 0.571. The fourth-order valence-electron chi connectivity index (χ4n) is 0.665. The lowest BCUT2D eigenvalue weighted by atomic mass is 10.1. The van der Waals surface area contributed by atoms with Crippen LogP contribution in [-0.4, -0.2) is 11.8 Å². The summed E-state index contributed by atoms with van der Waals surface area (Å²) in [6.07, 6.45) is 3.81. The maximum atomic E-state index is 10.2. The highest BCUT2D eigenvalue weighted by Crippen LogP contribution is 2.00. The Morgan fingerprint density at radius 3 is 2.27 bits per heavy atom. The summed E-state index contributed by atoms with van der Waals surface area (Å²) in [5.41, 5.74) is 9.76. The van der Waals surface area contributed by atoms with Crippen molar-refractivity contribution < 1.29 is 9.59 Å². The van der Waals surface area contributed by atoms with Crippen molar-refractivity contribution in [2.45, 2.75) is 25.7 Å². The molecule has 0 unspecified atom stereocenters. The number of unbranched alkanes of at least 4 members (excludes halogenated alkanes) is 2. The van der Waals surface area contributed by atoms with E-state index in [0.29, 0.717) is 19.3 Å². The van der Waals surface area contributed by atoms with Gasteiger partial charge in [-0.25, -0.2) is 0 Å². The van der Waals surface area contributed by atoms with Gasteiger partial charge in [-0.1, -0.05) is 0 Å². The van der Waals surface area contributed by atoms with Crippen molar-refractivity contribution in [1.29, 1.82) is 0 Å². The molecule has 0 spiro atoms. The van der Waals surface area contributed by atoms with Gasteiger partial charge >= 0.3 is 0 Å². The summed E-state index contributed by atoms with van der Waals surface area (Å²) in [5, 5.41) is 0. The molecule has 2 amide bonds. The summed E-state index contributed by atoms with van der Waals surface area (Å²) in [7, 11) is 0. The third-order valence-corrected chi connectivity index (χ3v) is 1.18. The Kier molecular flexibility index (Phi) is 5.15. The van der Waals surface area contributed by atoms with Crippen LogP contribution in [-0.2, 0) is 9.59 Å². The molecule has 4 N–H and O–H groups in total. The molecule has 0 aromatic carbocycles. The zero-order chi connectivity index (χ0) is 8.69. The van der Waals surface area contributed by atoms with Crippen molar-refractivity contribution in [2.75, 3.05) is 0 Å². The molecule has 0 fully saturated rings. The highest BCUT2D eigenvalue weighted by Gasteiger charge is 1.96. The first-order valence-electron chi connectivity index (χ1n) is 3.51. The Balaban J connectivity index is 3.03. The molecule has 4 nitrogen and oxygen atoms in total. The lowest BCUT2D eigenvalue weighted by Crippen LogP contribution is -2.11. The Bertz CT molecular complexity index is 129. The van der Waals surface area contributed by atoms with Gasteiger partial charge in [-0.15, -0.1) is 0 Å². The minimum absolute atomic E-state index is 0.277. The summed E-state index contributed by atoms with van der Waals surface area (Å²) in [6.45, 7) is 0. The minimum Gasteiger partial charge on any atom is -0.370 e. The van der Waals surface area contributed by atoms with Gasteiger partial charge in [0.15, 0.2) is 0 Å². The van der Waals surface area contributed by atoms with Gasteiger partial charge in [0, 0.05) is 12.8 Å². The van der Waals surface area contributed by atoms with Gasteiger partial charge in [-0.05, 0) is 19.3 Å². The highest BCUT2D eigenvalue weighted by molar-refractivity contribution is 5.75. The monoisotopic (exact) mass is 157 g/mol. The van der Waals surface area contributed by atoms with Gasteiger partial charge in [-0.2, -0.15) is 0 Å². The number of rotatable bonds is 6. The first-order chi connectivity index (χ1) is 5.13. The van der Waals surface area contributed by atoms with E-state index in [0.717, 1.165) is 0 Å². The zero-order valence-corrected chi connectivity index (χ0v) is 6.38. The molecular weight excluding hydrogens is 144 g/mol. The molecule has 0 bridgehead atoms. The average Bonchev–Trinajstić information content (AvgIpc) is 1.85. The molecule has 63 valence electrons. The second kappa shape index (κ2) is 5.70. The molecule has 4 heteroatoms.